The Bertz CT molecular complexity index is 935. The second kappa shape index (κ2) is 6.07. The van der Waals surface area contributed by atoms with Crippen LogP contribution < -0.4 is 4.90 Å². The molecule has 1 aliphatic heterocycles. The predicted molar refractivity (Wildman–Crippen MR) is 89.8 cm³/mol. The second-order valence-electron chi connectivity index (χ2n) is 6.53. The third kappa shape index (κ3) is 2.91. The van der Waals surface area contributed by atoms with Crippen LogP contribution in [0.4, 0.5) is 19.0 Å². The van der Waals surface area contributed by atoms with Crippen molar-refractivity contribution in [1.82, 2.24) is 19.6 Å². The Hall–Kier alpha value is -1.91. The molecule has 3 heterocycles. The molecule has 1 aliphatic rings. The van der Waals surface area contributed by atoms with E-state index in [-0.39, 0.29) is 24.6 Å². The predicted octanol–water partition coefficient (Wildman–Crippen LogP) is 2.25. The fourth-order valence-electron chi connectivity index (χ4n) is 3.39. The molecule has 0 spiro atoms. The van der Waals surface area contributed by atoms with E-state index < -0.39 is 26.6 Å². The van der Waals surface area contributed by atoms with Crippen LogP contribution in [0, 0.1) is 6.92 Å². The highest BCUT2D eigenvalue weighted by atomic mass is 32.2. The normalized spacial score (nSPS) is 19.8. The average Bonchev–Trinajstić information content (AvgIpc) is 2.98. The number of anilines is 1. The molecule has 144 valence electrons. The van der Waals surface area contributed by atoms with Crippen molar-refractivity contribution in [3.63, 3.8) is 0 Å². The van der Waals surface area contributed by atoms with Crippen molar-refractivity contribution in [2.24, 2.45) is 0 Å². The SMILES string of the molecule is CCC1(CC)CN(c2cc(C)nc3nc(C(F)(F)F)nn23)CCS1(=O)=O. The maximum atomic E-state index is 13.0. The summed E-state index contributed by atoms with van der Waals surface area (Å²) in [6.07, 6.45) is -3.82. The van der Waals surface area contributed by atoms with E-state index >= 15 is 0 Å². The number of rotatable bonds is 3. The van der Waals surface area contributed by atoms with E-state index in [4.69, 9.17) is 0 Å². The van der Waals surface area contributed by atoms with Gasteiger partial charge in [-0.05, 0) is 19.8 Å². The lowest BCUT2D eigenvalue weighted by Gasteiger charge is -2.42. The number of alkyl halides is 3. The second-order valence-corrected chi connectivity index (χ2v) is 9.04. The molecule has 0 atom stereocenters. The molecule has 2 aromatic rings. The number of nitrogens with zero attached hydrogens (tertiary/aromatic N) is 5. The molecule has 0 aliphatic carbocycles. The lowest BCUT2D eigenvalue weighted by atomic mass is 10.0. The summed E-state index contributed by atoms with van der Waals surface area (Å²) in [7, 11) is -3.29. The third-order valence-electron chi connectivity index (χ3n) is 5.06. The van der Waals surface area contributed by atoms with Crippen molar-refractivity contribution in [2.45, 2.75) is 44.5 Å². The smallest absolute Gasteiger partial charge is 0.354 e. The van der Waals surface area contributed by atoms with E-state index in [1.807, 2.05) is 13.8 Å². The lowest BCUT2D eigenvalue weighted by Crippen LogP contribution is -2.56. The first-order valence-electron chi connectivity index (χ1n) is 8.32. The molecule has 0 bridgehead atoms. The van der Waals surface area contributed by atoms with Gasteiger partial charge in [0.25, 0.3) is 11.6 Å². The number of hydrogen-bond donors (Lipinski definition) is 0. The van der Waals surface area contributed by atoms with Gasteiger partial charge in [0, 0.05) is 24.8 Å². The molecule has 11 heteroatoms. The molecule has 3 rings (SSSR count). The molecule has 0 N–H and O–H groups in total. The first-order chi connectivity index (χ1) is 12.0. The van der Waals surface area contributed by atoms with Gasteiger partial charge < -0.3 is 4.90 Å². The largest absolute Gasteiger partial charge is 0.453 e. The summed E-state index contributed by atoms with van der Waals surface area (Å²) in [4.78, 5) is 9.26. The number of aromatic nitrogens is 4. The molecule has 0 saturated carbocycles. The zero-order valence-corrected chi connectivity index (χ0v) is 15.5. The topological polar surface area (TPSA) is 80.5 Å². The van der Waals surface area contributed by atoms with Crippen LogP contribution in [0.1, 0.15) is 38.2 Å². The molecule has 0 unspecified atom stereocenters. The Morgan fingerprint density at radius 2 is 1.88 bits per heavy atom. The Labute approximate surface area is 149 Å². The average molecular weight is 391 g/mol. The number of fused-ring (bicyclic) bond motifs is 1. The van der Waals surface area contributed by atoms with Crippen LogP contribution in [0.25, 0.3) is 5.78 Å². The Kier molecular flexibility index (Phi) is 4.40. The van der Waals surface area contributed by atoms with Gasteiger partial charge >= 0.3 is 6.18 Å². The Morgan fingerprint density at radius 3 is 2.46 bits per heavy atom. The first-order valence-corrected chi connectivity index (χ1v) is 9.97. The van der Waals surface area contributed by atoms with Crippen molar-refractivity contribution in [3.05, 3.63) is 17.6 Å². The molecule has 26 heavy (non-hydrogen) atoms. The molecule has 2 aromatic heterocycles. The van der Waals surface area contributed by atoms with E-state index in [1.54, 1.807) is 17.9 Å². The van der Waals surface area contributed by atoms with Gasteiger partial charge in [0.05, 0.1) is 10.5 Å². The summed E-state index contributed by atoms with van der Waals surface area (Å²) in [6.45, 7) is 5.66. The minimum atomic E-state index is -4.68. The van der Waals surface area contributed by atoms with Gasteiger partial charge in [-0.25, -0.2) is 13.4 Å². The maximum absolute atomic E-state index is 13.0. The van der Waals surface area contributed by atoms with Gasteiger partial charge in [-0.2, -0.15) is 22.7 Å². The van der Waals surface area contributed by atoms with Gasteiger partial charge in [0.15, 0.2) is 9.84 Å². The van der Waals surface area contributed by atoms with Crippen LogP contribution in [0.5, 0.6) is 0 Å². The van der Waals surface area contributed by atoms with Crippen LogP contribution in [0.3, 0.4) is 0 Å². The highest BCUT2D eigenvalue weighted by Crippen LogP contribution is 2.34. The van der Waals surface area contributed by atoms with Gasteiger partial charge in [-0.15, -0.1) is 5.10 Å². The Morgan fingerprint density at radius 1 is 1.23 bits per heavy atom. The van der Waals surface area contributed by atoms with Crippen LogP contribution in [-0.2, 0) is 16.0 Å². The number of hydrogen-bond acceptors (Lipinski definition) is 6. The molecule has 1 fully saturated rings. The fraction of sp³-hybridized carbons (Fsp3) is 0.667. The van der Waals surface area contributed by atoms with Gasteiger partial charge in [-0.3, -0.25) is 0 Å². The van der Waals surface area contributed by atoms with Crippen LogP contribution in [-0.4, -0.2) is 51.6 Å². The zero-order valence-electron chi connectivity index (χ0n) is 14.7. The summed E-state index contributed by atoms with van der Waals surface area (Å²) in [6, 6.07) is 1.61. The van der Waals surface area contributed by atoms with Gasteiger partial charge in [-0.1, -0.05) is 13.8 Å². The quantitative estimate of drug-likeness (QED) is 0.798. The van der Waals surface area contributed by atoms with E-state index in [0.717, 1.165) is 4.52 Å². The van der Waals surface area contributed by atoms with Crippen molar-refractivity contribution >= 4 is 21.4 Å². The Balaban J connectivity index is 2.12. The molecule has 0 amide bonds. The van der Waals surface area contributed by atoms with E-state index in [1.165, 1.54) is 0 Å². The molecule has 7 nitrogen and oxygen atoms in total. The molecule has 1 saturated heterocycles. The number of halogens is 3. The molecular weight excluding hydrogens is 371 g/mol. The standard InChI is InChI=1S/C15H20F3N5O2S/c1-4-14(5-2)9-22(6-7-26(14,24)25)11-8-10(3)19-13-20-12(15(16,17)18)21-23(11)13/h8H,4-7,9H2,1-3H3. The summed E-state index contributed by atoms with van der Waals surface area (Å²) in [5, 5.41) is 3.56. The van der Waals surface area contributed by atoms with Gasteiger partial charge in [0.1, 0.15) is 5.82 Å². The summed E-state index contributed by atoms with van der Waals surface area (Å²) < 4.78 is 64.2. The fourth-order valence-corrected chi connectivity index (χ4v) is 5.52. The minimum Gasteiger partial charge on any atom is -0.354 e. The van der Waals surface area contributed by atoms with Crippen LogP contribution >= 0.6 is 0 Å². The van der Waals surface area contributed by atoms with Crippen molar-refractivity contribution < 1.29 is 21.6 Å². The lowest BCUT2D eigenvalue weighted by molar-refractivity contribution is -0.144. The number of aryl methyl sites for hydroxylation is 1. The monoisotopic (exact) mass is 391 g/mol. The first kappa shape index (κ1) is 18.9. The van der Waals surface area contributed by atoms with Crippen LogP contribution in [0.15, 0.2) is 6.07 Å². The van der Waals surface area contributed by atoms with E-state index in [2.05, 4.69) is 15.1 Å². The third-order valence-corrected chi connectivity index (χ3v) is 7.80. The van der Waals surface area contributed by atoms with Crippen molar-refractivity contribution in [2.75, 3.05) is 23.7 Å². The molecular formula is C15H20F3N5O2S. The molecule has 0 aromatic carbocycles. The van der Waals surface area contributed by atoms with Crippen molar-refractivity contribution in [1.29, 1.82) is 0 Å². The molecule has 0 radical (unpaired) electrons. The summed E-state index contributed by atoms with van der Waals surface area (Å²) >= 11 is 0. The zero-order chi connectivity index (χ0) is 19.3. The highest BCUT2D eigenvalue weighted by Gasteiger charge is 2.46. The maximum Gasteiger partial charge on any atom is 0.453 e. The highest BCUT2D eigenvalue weighted by molar-refractivity contribution is 7.92. The van der Waals surface area contributed by atoms with E-state index in [0.29, 0.717) is 24.4 Å². The van der Waals surface area contributed by atoms with Crippen LogP contribution in [0.2, 0.25) is 0 Å². The minimum absolute atomic E-state index is 0.0572. The van der Waals surface area contributed by atoms with Crippen molar-refractivity contribution in [3.8, 4) is 0 Å². The van der Waals surface area contributed by atoms with Gasteiger partial charge in [0.2, 0.25) is 0 Å². The number of sulfone groups is 1. The summed E-state index contributed by atoms with van der Waals surface area (Å²) in [5.74, 6) is -1.10. The summed E-state index contributed by atoms with van der Waals surface area (Å²) in [5.41, 5.74) is 0.487. The van der Waals surface area contributed by atoms with E-state index in [9.17, 15) is 21.6 Å².